The summed E-state index contributed by atoms with van der Waals surface area (Å²) in [5, 5.41) is 23.8. The van der Waals surface area contributed by atoms with Crippen LogP contribution in [0.3, 0.4) is 0 Å². The Morgan fingerprint density at radius 2 is 0.824 bits per heavy atom. The number of nitrogens with one attached hydrogen (secondary N) is 8. The number of halogens is 5. The number of nitrogens with zero attached hydrogens (tertiary/aromatic N) is 12. The van der Waals surface area contributed by atoms with Gasteiger partial charge in [0.15, 0.2) is 29.2 Å². The second-order valence-electron chi connectivity index (χ2n) is 35.2. The van der Waals surface area contributed by atoms with Gasteiger partial charge in [-0.3, -0.25) is 16.8 Å². The number of H-pyrrole nitrogens is 1. The van der Waals surface area contributed by atoms with Crippen molar-refractivity contribution < 1.29 is 43.5 Å². The van der Waals surface area contributed by atoms with Crippen LogP contribution in [0.5, 0.6) is 0 Å². The van der Waals surface area contributed by atoms with Gasteiger partial charge in [-0.05, 0) is 190 Å². The van der Waals surface area contributed by atoms with E-state index in [1.807, 2.05) is 42.5 Å². The lowest BCUT2D eigenvalue weighted by atomic mass is 9.79. The predicted molar refractivity (Wildman–Crippen MR) is 526 cm³/mol. The molecule has 5 aromatic heterocycles. The van der Waals surface area contributed by atoms with E-state index in [0.29, 0.717) is 169 Å². The van der Waals surface area contributed by atoms with Gasteiger partial charge in [-0.15, -0.1) is 6.42 Å². The molecule has 8 N–H and O–H groups in total. The van der Waals surface area contributed by atoms with E-state index in [2.05, 4.69) is 124 Å². The van der Waals surface area contributed by atoms with Crippen molar-refractivity contribution in [3.05, 3.63) is 298 Å². The third kappa shape index (κ3) is 18.9. The average molecular weight is 1910 g/mol. The molecule has 2 spiro atoms. The number of rotatable bonds is 15. The molecule has 136 heavy (non-hydrogen) atoms. The molecule has 4 fully saturated rings. The van der Waals surface area contributed by atoms with Crippen LogP contribution in [0.25, 0.3) is 10.9 Å². The maximum atomic E-state index is 14.0. The molecule has 0 bridgehead atoms. The SMILES string of the molecule is C#Cc1ccc(C2CCN(c3nc4c(c(Nc5cccc(F)c5)n3)S(=O)CC4)CC2)cc1.C=C1Nc2ccccc2C2(CCN(c3nc4c(c(Nc5cccc(F)c5)n3)S(=O)CC4)CC2)N1.C=C1Nc2ccccc2C2(CCN(c3nc4c(c(Nc5cccc(F)c5)n3)S(=O)CC4)CC2)O1.CCc1[nH]c2ccc(F)cc2c1C1CCN(c2nc3c(c(Nc4cccc(F)c4)n2)S(=O)CC3)CC1. The molecule has 0 aliphatic carbocycles. The first-order chi connectivity index (χ1) is 66.1. The molecule has 23 rings (SSSR count). The summed E-state index contributed by atoms with van der Waals surface area (Å²) in [6.07, 6.45) is 15.9. The number of piperidine rings is 4. The number of anilines is 14. The van der Waals surface area contributed by atoms with Gasteiger partial charge in [0.2, 0.25) is 23.8 Å². The van der Waals surface area contributed by atoms with E-state index in [1.165, 1.54) is 77.0 Å². The molecule has 0 amide bonds. The van der Waals surface area contributed by atoms with E-state index >= 15 is 0 Å². The maximum absolute atomic E-state index is 14.0. The zero-order chi connectivity index (χ0) is 93.5. The Hall–Kier alpha value is -13.5. The Balaban J connectivity index is 0.000000112. The number of terminal acetylenes is 1. The van der Waals surface area contributed by atoms with Crippen molar-refractivity contribution >= 4 is 135 Å². The molecule has 10 aliphatic rings. The van der Waals surface area contributed by atoms with Crippen LogP contribution in [0.4, 0.5) is 103 Å². The Morgan fingerprint density at radius 1 is 0.441 bits per heavy atom. The summed E-state index contributed by atoms with van der Waals surface area (Å²) >= 11 is 0. The minimum absolute atomic E-state index is 0.184. The summed E-state index contributed by atoms with van der Waals surface area (Å²) in [7, 11) is -4.67. The summed E-state index contributed by atoms with van der Waals surface area (Å²) in [5.41, 5.74) is 15.0. The molecule has 696 valence electrons. The number of hydrogen-bond acceptors (Lipinski definition) is 24. The van der Waals surface area contributed by atoms with Crippen molar-refractivity contribution in [3.8, 4) is 12.3 Å². The minimum Gasteiger partial charge on any atom is -0.468 e. The summed E-state index contributed by atoms with van der Waals surface area (Å²) < 4.78 is 126. The van der Waals surface area contributed by atoms with Gasteiger partial charge in [0.25, 0.3) is 0 Å². The minimum atomic E-state index is -1.18. The van der Waals surface area contributed by atoms with Crippen molar-refractivity contribution in [2.45, 2.75) is 133 Å². The second kappa shape index (κ2) is 38.7. The number of aromatic amines is 1. The lowest BCUT2D eigenvalue weighted by Gasteiger charge is -2.47. The van der Waals surface area contributed by atoms with Crippen molar-refractivity contribution in [2.24, 2.45) is 0 Å². The van der Waals surface area contributed by atoms with E-state index in [9.17, 15) is 38.8 Å². The van der Waals surface area contributed by atoms with Crippen molar-refractivity contribution in [2.75, 3.05) is 127 Å². The summed E-state index contributed by atoms with van der Waals surface area (Å²) in [6.45, 7) is 16.4. The van der Waals surface area contributed by atoms with Gasteiger partial charge in [-0.1, -0.05) is 92.2 Å². The number of fused-ring (bicyclic) bond motifs is 9. The third-order valence-corrected chi connectivity index (χ3v) is 32.5. The van der Waals surface area contributed by atoms with Gasteiger partial charge < -0.3 is 66.5 Å². The fourth-order valence-electron chi connectivity index (χ4n) is 20.0. The second-order valence-corrected chi connectivity index (χ2v) is 41.2. The number of hydrogen-bond donors (Lipinski definition) is 8. The van der Waals surface area contributed by atoms with E-state index in [0.717, 1.165) is 159 Å². The largest absolute Gasteiger partial charge is 0.468 e. The Labute approximate surface area is 794 Å². The van der Waals surface area contributed by atoms with Crippen LogP contribution in [-0.4, -0.2) is 137 Å². The fourth-order valence-corrected chi connectivity index (χ4v) is 25.2. The molecule has 10 aliphatic heterocycles. The maximum Gasteiger partial charge on any atom is 0.227 e. The van der Waals surface area contributed by atoms with E-state index in [4.69, 9.17) is 51.0 Å². The quantitative estimate of drug-likeness (QED) is 0.0349. The highest BCUT2D eigenvalue weighted by Gasteiger charge is 2.46. The van der Waals surface area contributed by atoms with Gasteiger partial charge >= 0.3 is 0 Å². The Kier molecular flexibility index (Phi) is 25.7. The first-order valence-electron chi connectivity index (χ1n) is 45.8. The van der Waals surface area contributed by atoms with Crippen LogP contribution in [0.1, 0.15) is 126 Å². The van der Waals surface area contributed by atoms with Gasteiger partial charge in [0, 0.05) is 181 Å². The Morgan fingerprint density at radius 3 is 1.24 bits per heavy atom. The van der Waals surface area contributed by atoms with Crippen LogP contribution in [0, 0.1) is 41.4 Å². The van der Waals surface area contributed by atoms with Crippen molar-refractivity contribution in [1.82, 2.24) is 50.2 Å². The molecule has 4 unspecified atom stereocenters. The normalized spacial score (nSPS) is 19.2. The summed E-state index contributed by atoms with van der Waals surface area (Å²) in [6, 6.07) is 54.5. The predicted octanol–water partition coefficient (Wildman–Crippen LogP) is 18.4. The van der Waals surface area contributed by atoms with Gasteiger partial charge in [-0.25, -0.2) is 41.9 Å². The lowest BCUT2D eigenvalue weighted by Crippen LogP contribution is -2.54. The van der Waals surface area contributed by atoms with Crippen LogP contribution in [0.2, 0.25) is 0 Å². The smallest absolute Gasteiger partial charge is 0.227 e. The molecule has 34 heteroatoms. The first kappa shape index (κ1) is 90.3. The first-order valence-corrected chi connectivity index (χ1v) is 51.1. The number of aromatic nitrogens is 9. The van der Waals surface area contributed by atoms with Crippen LogP contribution in [-0.2, 0) is 91.2 Å². The van der Waals surface area contributed by atoms with Gasteiger partial charge in [0.1, 0.15) is 54.3 Å². The molecule has 4 saturated heterocycles. The third-order valence-electron chi connectivity index (χ3n) is 26.7. The number of para-hydroxylation sites is 2. The number of aryl methyl sites for hydroxylation is 5. The zero-order valence-electron chi connectivity index (χ0n) is 74.7. The van der Waals surface area contributed by atoms with Crippen molar-refractivity contribution in [3.63, 3.8) is 0 Å². The Bertz CT molecular complexity index is 6770. The highest BCUT2D eigenvalue weighted by atomic mass is 32.2. The summed E-state index contributed by atoms with van der Waals surface area (Å²) in [4.78, 5) is 52.8. The average Bonchev–Trinajstić information content (AvgIpc) is 1.06. The number of ether oxygens (including phenoxy) is 1. The molecule has 8 aromatic carbocycles. The fraction of sp³-hybridized carbons (Fsp3) is 0.294. The van der Waals surface area contributed by atoms with Gasteiger partial charge in [0.05, 0.1) is 77.3 Å². The van der Waals surface area contributed by atoms with E-state index in [-0.39, 0.29) is 34.6 Å². The van der Waals surface area contributed by atoms with Crippen LogP contribution >= 0.6 is 0 Å². The monoisotopic (exact) mass is 1910 g/mol. The van der Waals surface area contributed by atoms with E-state index < -0.39 is 48.8 Å². The highest BCUT2D eigenvalue weighted by molar-refractivity contribution is 7.86. The molecular weight excluding hydrogens is 1810 g/mol. The zero-order valence-corrected chi connectivity index (χ0v) is 77.9. The number of benzene rings is 8. The van der Waals surface area contributed by atoms with Crippen molar-refractivity contribution in [1.29, 1.82) is 0 Å². The lowest BCUT2D eigenvalue weighted by molar-refractivity contribution is -0.0257. The molecule has 15 heterocycles. The highest BCUT2D eigenvalue weighted by Crippen LogP contribution is 2.49. The van der Waals surface area contributed by atoms with Crippen LogP contribution in [0.15, 0.2) is 233 Å². The van der Waals surface area contributed by atoms with Gasteiger partial charge in [-0.2, -0.15) is 19.9 Å². The topological polar surface area (TPSA) is 294 Å². The summed E-state index contributed by atoms with van der Waals surface area (Å²) in [5.74, 6) is 9.79. The molecule has 4 atom stereocenters. The molecular formula is C102H99F5N20O5S4. The molecule has 13 aromatic rings. The van der Waals surface area contributed by atoms with E-state index in [1.54, 1.807) is 54.6 Å². The molecule has 25 nitrogen and oxygen atoms in total. The van der Waals surface area contributed by atoms with Crippen LogP contribution < -0.4 is 56.8 Å². The molecule has 0 saturated carbocycles. The molecule has 0 radical (unpaired) electrons. The standard InChI is InChI=1S/C27H27F2N5OS.C25H25FN6OS.C25H24FN5O2S.C25H23FN4OS/c1-2-21-24(20-15-18(29)6-7-22(20)31-21)16-8-11-34(12-9-16)27-32-23-10-13-36(35)25(23)26(33-27)30-19-5-3-4-17(28)14-19;1-16-27-20-8-3-2-7-19(20)25(31-16)10-12-32(13-11-25)24-29-21-9-14-34(33)22(21)23(30-24)28-18-6-4-5-17(26)15-18;1-16-27-20-8-3-2-7-19(20)25(33-16)10-12-31(13-11-25)24-29-21-9-14-34(32)22(21)23(30-24)28-18-6-4-5-17(26)15-18;1-2-17-6-8-18(9-7-17)19-10-13-30(14-11-19)25-28-22-12-15-32(31)23(22)24(29-25)27-21-5-3-4-20(26)16-21/h3-7,14-16,31H,2,8-13H2,1H3,(H,30,32,33);2-8,15,27,31H,1,9-14H2,(H,28,29,30);2-8,15,27H,1,9-14H2,(H,28,29,30);1,3-9,16,19H,10-15H2,(H,27,28,29).